The first-order valence-electron chi connectivity index (χ1n) is 17.4. The number of ketones is 1. The van der Waals surface area contributed by atoms with Gasteiger partial charge in [-0.2, -0.15) is 0 Å². The predicted octanol–water partition coefficient (Wildman–Crippen LogP) is 9.19. The monoisotopic (exact) mass is 857 g/mol. The maximum Gasteiger partial charge on any atom is 0.410 e. The van der Waals surface area contributed by atoms with Crippen LogP contribution < -0.4 is 5.73 Å². The number of halogens is 2. The summed E-state index contributed by atoms with van der Waals surface area (Å²) in [6.07, 6.45) is 10.5. The van der Waals surface area contributed by atoms with Gasteiger partial charge in [-0.05, 0) is 129 Å². The van der Waals surface area contributed by atoms with E-state index in [2.05, 4.69) is 41.8 Å². The van der Waals surface area contributed by atoms with E-state index in [1.807, 2.05) is 61.5 Å². The van der Waals surface area contributed by atoms with Crippen LogP contribution in [0.5, 0.6) is 0 Å². The van der Waals surface area contributed by atoms with Gasteiger partial charge in [-0.3, -0.25) is 19.6 Å². The van der Waals surface area contributed by atoms with Crippen molar-refractivity contribution in [2.75, 3.05) is 31.9 Å². The quantitative estimate of drug-likeness (QED) is 0.286. The van der Waals surface area contributed by atoms with Crippen molar-refractivity contribution in [2.45, 2.75) is 119 Å². The van der Waals surface area contributed by atoms with Crippen molar-refractivity contribution in [3.8, 4) is 0 Å². The van der Waals surface area contributed by atoms with Gasteiger partial charge in [0.25, 0.3) is 0 Å². The normalized spacial score (nSPS) is 14.8. The summed E-state index contributed by atoms with van der Waals surface area (Å²) in [7, 11) is 0. The molecule has 2 aromatic heterocycles. The Morgan fingerprint density at radius 1 is 0.750 bits per heavy atom. The fourth-order valence-electron chi connectivity index (χ4n) is 5.14. The number of carboxylic acid groups (broad SMARTS) is 1. The zero-order valence-electron chi connectivity index (χ0n) is 31.4. The summed E-state index contributed by atoms with van der Waals surface area (Å²) in [6.45, 7) is 17.6. The Morgan fingerprint density at radius 3 is 1.50 bits per heavy atom. The Kier molecular flexibility index (Phi) is 22.6. The molecule has 3 N–H and O–H groups in total. The van der Waals surface area contributed by atoms with Gasteiger partial charge in [0.2, 0.25) is 0 Å². The zero-order chi connectivity index (χ0) is 38.8. The Hall–Kier alpha value is -3.26. The molecule has 2 aliphatic rings. The molecule has 0 spiro atoms. The second kappa shape index (κ2) is 24.1. The first kappa shape index (κ1) is 48.7. The minimum absolute atomic E-state index is 0. The average Bonchev–Trinajstić information content (AvgIpc) is 3.01. The fraction of sp³-hybridized carbons (Fsp3) is 0.632. The van der Waals surface area contributed by atoms with Gasteiger partial charge in [0.1, 0.15) is 17.0 Å². The van der Waals surface area contributed by atoms with E-state index >= 15 is 0 Å². The van der Waals surface area contributed by atoms with Crippen LogP contribution in [0.15, 0.2) is 45.9 Å². The molecule has 2 aromatic rings. The van der Waals surface area contributed by atoms with Gasteiger partial charge in [0.15, 0.2) is 0 Å². The minimum atomic E-state index is -0.763. The lowest BCUT2D eigenvalue weighted by molar-refractivity contribution is -0.138. The number of amides is 2. The highest BCUT2D eigenvalue weighted by atomic mass is 79.9. The van der Waals surface area contributed by atoms with Crippen LogP contribution in [-0.2, 0) is 25.5 Å². The molecule has 4 heterocycles. The largest absolute Gasteiger partial charge is 0.481 e. The van der Waals surface area contributed by atoms with Gasteiger partial charge in [-0.25, -0.2) is 9.59 Å². The highest BCUT2D eigenvalue weighted by Gasteiger charge is 2.29. The number of pyridine rings is 2. The topological polar surface area (TPSA) is 165 Å². The number of carbonyl (C=O) groups excluding carboxylic acids is 3. The standard InChI is InChI=1S/C18H25BrN2O3.C12H21NO4.C5H5BrN2.C2H6.CH4/c1-18(2,3)24-17(23)21-6-4-13(5-7-21)9-16(22)10-14-8-15(19)12-20-11-14;1-12(2,3)17-11(16)13-6-4-9(5-7-13)8-10(14)15;6-4-1-5(7)3-8-2-4;1-2;/h8,11-13H,4-7,9-10H2,1-3H3;9H,4-8H2,1-3H3,(H,14,15);1-3H,7H2;1-2H3;1H4. The highest BCUT2D eigenvalue weighted by molar-refractivity contribution is 9.10. The highest BCUT2D eigenvalue weighted by Crippen LogP contribution is 2.24. The molecule has 2 aliphatic heterocycles. The molecule has 0 aliphatic carbocycles. The number of hydrogen-bond acceptors (Lipinski definition) is 9. The van der Waals surface area contributed by atoms with E-state index in [0.717, 1.165) is 40.2 Å². The lowest BCUT2D eigenvalue weighted by Crippen LogP contribution is -2.42. The van der Waals surface area contributed by atoms with Crippen molar-refractivity contribution < 1.29 is 33.8 Å². The van der Waals surface area contributed by atoms with Gasteiger partial charge < -0.3 is 30.1 Å². The number of carboxylic acids is 1. The third-order valence-electron chi connectivity index (χ3n) is 7.40. The summed E-state index contributed by atoms with van der Waals surface area (Å²) >= 11 is 6.59. The van der Waals surface area contributed by atoms with Crippen LogP contribution >= 0.6 is 31.9 Å². The minimum Gasteiger partial charge on any atom is -0.481 e. The number of carbonyl (C=O) groups is 4. The summed E-state index contributed by atoms with van der Waals surface area (Å²) in [4.78, 5) is 57.9. The molecular weight excluding hydrogens is 798 g/mol. The second-order valence-electron chi connectivity index (χ2n) is 14.3. The van der Waals surface area contributed by atoms with E-state index in [4.69, 9.17) is 20.3 Å². The lowest BCUT2D eigenvalue weighted by Gasteiger charge is -2.33. The van der Waals surface area contributed by atoms with Crippen molar-refractivity contribution in [2.24, 2.45) is 11.8 Å². The van der Waals surface area contributed by atoms with E-state index in [-0.39, 0.29) is 37.7 Å². The summed E-state index contributed by atoms with van der Waals surface area (Å²) in [5.74, 6) is -0.00572. The number of nitrogen functional groups attached to an aromatic ring is 1. The number of nitrogens with zero attached hydrogens (tertiary/aromatic N) is 4. The number of piperidine rings is 2. The molecule has 52 heavy (non-hydrogen) atoms. The van der Waals surface area contributed by atoms with Crippen molar-refractivity contribution in [1.82, 2.24) is 19.8 Å². The van der Waals surface area contributed by atoms with Gasteiger partial charge >= 0.3 is 18.2 Å². The number of nitrogens with two attached hydrogens (primary N) is 1. The van der Waals surface area contributed by atoms with Crippen molar-refractivity contribution in [1.29, 1.82) is 0 Å². The first-order chi connectivity index (χ1) is 23.8. The van der Waals surface area contributed by atoms with E-state index in [9.17, 15) is 19.2 Å². The molecule has 12 nitrogen and oxygen atoms in total. The number of rotatable bonds is 6. The molecular formula is C38H61Br2N5O7. The maximum absolute atomic E-state index is 12.2. The van der Waals surface area contributed by atoms with E-state index in [0.29, 0.717) is 50.6 Å². The molecule has 0 saturated carbocycles. The number of aliphatic carboxylic acids is 1. The molecule has 0 atom stereocenters. The van der Waals surface area contributed by atoms with Gasteiger partial charge in [0.05, 0.1) is 5.69 Å². The molecule has 0 bridgehead atoms. The van der Waals surface area contributed by atoms with E-state index in [1.165, 1.54) is 0 Å². The lowest BCUT2D eigenvalue weighted by atomic mass is 9.90. The third-order valence-corrected chi connectivity index (χ3v) is 8.27. The van der Waals surface area contributed by atoms with Crippen LogP contribution in [0.3, 0.4) is 0 Å². The first-order valence-corrected chi connectivity index (χ1v) is 19.0. The molecule has 0 unspecified atom stereocenters. The molecule has 294 valence electrons. The summed E-state index contributed by atoms with van der Waals surface area (Å²) in [5, 5.41) is 8.69. The number of anilines is 1. The smallest absolute Gasteiger partial charge is 0.410 e. The number of hydrogen-bond donors (Lipinski definition) is 2. The Bertz CT molecular complexity index is 1370. The molecule has 2 fully saturated rings. The van der Waals surface area contributed by atoms with Crippen LogP contribution in [0.4, 0.5) is 15.3 Å². The summed E-state index contributed by atoms with van der Waals surface area (Å²) < 4.78 is 12.5. The summed E-state index contributed by atoms with van der Waals surface area (Å²) in [6, 6.07) is 3.73. The van der Waals surface area contributed by atoms with Crippen LogP contribution in [0.25, 0.3) is 0 Å². The molecule has 2 saturated heterocycles. The van der Waals surface area contributed by atoms with E-state index in [1.54, 1.807) is 40.7 Å². The third kappa shape index (κ3) is 22.0. The number of Topliss-reactive ketones (excluding diaryl/α,β-unsaturated/α-hetero) is 1. The van der Waals surface area contributed by atoms with Crippen LogP contribution in [0, 0.1) is 11.8 Å². The maximum atomic E-state index is 12.2. The van der Waals surface area contributed by atoms with Crippen LogP contribution in [-0.4, -0.2) is 86.2 Å². The molecule has 4 rings (SSSR count). The molecule has 0 aromatic carbocycles. The Morgan fingerprint density at radius 2 is 1.15 bits per heavy atom. The summed E-state index contributed by atoms with van der Waals surface area (Å²) in [5.41, 5.74) is 6.03. The predicted molar refractivity (Wildman–Crippen MR) is 213 cm³/mol. The Balaban J connectivity index is 0.000000806. The number of ether oxygens (including phenoxy) is 2. The average molecular weight is 860 g/mol. The second-order valence-corrected chi connectivity index (χ2v) is 16.1. The number of aromatic nitrogens is 2. The van der Waals surface area contributed by atoms with Crippen LogP contribution in [0.2, 0.25) is 0 Å². The van der Waals surface area contributed by atoms with Gasteiger partial charge in [-0.1, -0.05) is 21.3 Å². The molecule has 14 heteroatoms. The van der Waals surface area contributed by atoms with Gasteiger partial charge in [0, 0.05) is 79.2 Å². The van der Waals surface area contributed by atoms with Crippen LogP contribution in [0.1, 0.15) is 107 Å². The van der Waals surface area contributed by atoms with Crippen molar-refractivity contribution in [3.05, 3.63) is 51.4 Å². The zero-order valence-corrected chi connectivity index (χ0v) is 34.6. The van der Waals surface area contributed by atoms with E-state index < -0.39 is 17.2 Å². The number of likely N-dealkylation sites (tertiary alicyclic amines) is 2. The van der Waals surface area contributed by atoms with Crippen molar-refractivity contribution >= 4 is 61.5 Å². The van der Waals surface area contributed by atoms with Crippen molar-refractivity contribution in [3.63, 3.8) is 0 Å². The fourth-order valence-corrected chi connectivity index (χ4v) is 5.94. The van der Waals surface area contributed by atoms with Gasteiger partial charge in [-0.15, -0.1) is 0 Å². The molecule has 2 amide bonds. The molecule has 0 radical (unpaired) electrons. The SMILES string of the molecule is C.CC.CC(C)(C)OC(=O)N1CCC(CC(=O)Cc2cncc(Br)c2)CC1.CC(C)(C)OC(=O)N1CCC(CC(=O)O)CC1.Nc1cncc(Br)c1. The Labute approximate surface area is 327 Å².